The number of benzene rings is 1. The third kappa shape index (κ3) is 2.87. The second-order valence-electron chi connectivity index (χ2n) is 5.13. The highest BCUT2D eigenvalue weighted by Gasteiger charge is 2.41. The lowest BCUT2D eigenvalue weighted by molar-refractivity contribution is -0.144. The lowest BCUT2D eigenvalue weighted by Gasteiger charge is -2.10. The van der Waals surface area contributed by atoms with Gasteiger partial charge in [0, 0.05) is 12.2 Å². The second-order valence-corrected chi connectivity index (χ2v) is 5.13. The molecule has 0 aliphatic carbocycles. The molecule has 0 saturated heterocycles. The number of aromatic nitrogens is 3. The molecule has 1 aromatic carbocycles. The maximum atomic E-state index is 13.1. The van der Waals surface area contributed by atoms with Gasteiger partial charge in [-0.15, -0.1) is 5.10 Å². The van der Waals surface area contributed by atoms with Gasteiger partial charge in [0.2, 0.25) is 0 Å². The van der Waals surface area contributed by atoms with Crippen molar-refractivity contribution < 1.29 is 27.6 Å². The molecule has 1 amide bonds. The van der Waals surface area contributed by atoms with Crippen LogP contribution >= 0.6 is 0 Å². The fourth-order valence-electron chi connectivity index (χ4n) is 2.45. The van der Waals surface area contributed by atoms with Gasteiger partial charge in [0.15, 0.2) is 11.4 Å². The van der Waals surface area contributed by atoms with E-state index in [0.29, 0.717) is 10.1 Å². The predicted molar refractivity (Wildman–Crippen MR) is 77.5 cm³/mol. The van der Waals surface area contributed by atoms with Gasteiger partial charge in [0.25, 0.3) is 5.91 Å². The number of carbonyl (C=O) groups excluding carboxylic acids is 1. The Morgan fingerprint density at radius 2 is 2.25 bits per heavy atom. The molecule has 1 aliphatic heterocycles. The Morgan fingerprint density at radius 1 is 1.50 bits per heavy atom. The molecule has 126 valence electrons. The summed E-state index contributed by atoms with van der Waals surface area (Å²) >= 11 is 0. The highest BCUT2D eigenvalue weighted by Crippen LogP contribution is 2.31. The molecule has 11 heteroatoms. The second kappa shape index (κ2) is 5.91. The van der Waals surface area contributed by atoms with Crippen LogP contribution in [0, 0.1) is 0 Å². The van der Waals surface area contributed by atoms with Crippen LogP contribution in [0.4, 0.5) is 18.9 Å². The molecule has 0 fully saturated rings. The van der Waals surface area contributed by atoms with Crippen LogP contribution in [-0.2, 0) is 24.0 Å². The van der Waals surface area contributed by atoms with E-state index in [1.165, 1.54) is 19.1 Å². The van der Waals surface area contributed by atoms with E-state index in [2.05, 4.69) is 15.6 Å². The first kappa shape index (κ1) is 16.5. The molecule has 0 saturated carbocycles. The Morgan fingerprint density at radius 3 is 2.92 bits per heavy atom. The summed E-state index contributed by atoms with van der Waals surface area (Å²) in [6.07, 6.45) is -4.76. The molecule has 3 rings (SSSR count). The number of amides is 1. The molecule has 0 spiro atoms. The molecule has 1 aromatic heterocycles. The zero-order valence-corrected chi connectivity index (χ0v) is 12.5. The third-order valence-electron chi connectivity index (χ3n) is 3.58. The quantitative estimate of drug-likeness (QED) is 0.807. The molecule has 2 aromatic rings. The van der Waals surface area contributed by atoms with E-state index in [9.17, 15) is 23.0 Å². The van der Waals surface area contributed by atoms with Crippen LogP contribution in [-0.4, -0.2) is 33.0 Å². The molecule has 0 atom stereocenters. The number of hydrogen-bond donors (Lipinski definition) is 2. The van der Waals surface area contributed by atoms with Crippen molar-refractivity contribution in [3.63, 3.8) is 0 Å². The first-order chi connectivity index (χ1) is 11.3. The number of alkyl halides is 3. The van der Waals surface area contributed by atoms with E-state index in [-0.39, 0.29) is 18.8 Å². The van der Waals surface area contributed by atoms with Gasteiger partial charge in [0.05, 0.1) is 6.61 Å². The number of hydrogen-bond acceptors (Lipinski definition) is 5. The molecule has 0 bridgehead atoms. The van der Waals surface area contributed by atoms with Crippen LogP contribution in [0.3, 0.4) is 0 Å². The lowest BCUT2D eigenvalue weighted by Crippen LogP contribution is -2.28. The molecular formula is C13H12BF3N4O3. The van der Waals surface area contributed by atoms with Crippen LogP contribution < -0.4 is 10.8 Å². The smallest absolute Gasteiger partial charge is 0.423 e. The molecule has 7 nitrogen and oxygen atoms in total. The Labute approximate surface area is 134 Å². The van der Waals surface area contributed by atoms with Gasteiger partial charge in [0.1, 0.15) is 0 Å². The lowest BCUT2D eigenvalue weighted by atomic mass is 9.79. The Bertz CT molecular complexity index is 793. The van der Waals surface area contributed by atoms with Gasteiger partial charge in [-0.1, -0.05) is 11.3 Å². The normalized spacial score (nSPS) is 14.0. The standard InChI is InChI=1S/C13H12BF3N4O3/c1-2-21-11(13(15,16)17)10(19-20-21)12(22)18-8-4-3-7-6-24-14(23)9(7)5-8/h3-5,23H,2,6H2,1H3,(H,18,22). The fraction of sp³-hybridized carbons (Fsp3) is 0.308. The van der Waals surface area contributed by atoms with Crippen molar-refractivity contribution in [1.29, 1.82) is 0 Å². The Balaban J connectivity index is 1.89. The van der Waals surface area contributed by atoms with Crippen LogP contribution in [0.2, 0.25) is 0 Å². The van der Waals surface area contributed by atoms with Crippen molar-refractivity contribution in [1.82, 2.24) is 15.0 Å². The first-order valence-electron chi connectivity index (χ1n) is 7.05. The minimum absolute atomic E-state index is 0.0719. The van der Waals surface area contributed by atoms with Crippen molar-refractivity contribution in [2.45, 2.75) is 26.3 Å². The SMILES string of the molecule is CCn1nnc(C(=O)Nc2ccc3c(c2)B(O)OC3)c1C(F)(F)F. The minimum atomic E-state index is -4.76. The molecular weight excluding hydrogens is 328 g/mol. The molecule has 0 unspecified atom stereocenters. The summed E-state index contributed by atoms with van der Waals surface area (Å²) in [5.41, 5.74) is -0.578. The topological polar surface area (TPSA) is 89.3 Å². The number of nitrogens with one attached hydrogen (secondary N) is 1. The van der Waals surface area contributed by atoms with Crippen molar-refractivity contribution in [3.05, 3.63) is 35.2 Å². The van der Waals surface area contributed by atoms with Crippen molar-refractivity contribution in [3.8, 4) is 0 Å². The summed E-state index contributed by atoms with van der Waals surface area (Å²) in [5, 5.41) is 18.7. The number of fused-ring (bicyclic) bond motifs is 1. The number of halogens is 3. The van der Waals surface area contributed by atoms with Crippen LogP contribution in [0.15, 0.2) is 18.2 Å². The average molecular weight is 340 g/mol. The summed E-state index contributed by atoms with van der Waals surface area (Å²) in [4.78, 5) is 12.2. The van der Waals surface area contributed by atoms with Crippen LogP contribution in [0.1, 0.15) is 28.7 Å². The van der Waals surface area contributed by atoms with Gasteiger partial charge in [-0.25, -0.2) is 4.68 Å². The summed E-state index contributed by atoms with van der Waals surface area (Å²) in [7, 11) is -1.12. The summed E-state index contributed by atoms with van der Waals surface area (Å²) in [6, 6.07) is 4.58. The maximum Gasteiger partial charge on any atom is 0.491 e. The summed E-state index contributed by atoms with van der Waals surface area (Å²) < 4.78 is 45.0. The number of aryl methyl sites for hydroxylation is 1. The highest BCUT2D eigenvalue weighted by molar-refractivity contribution is 6.61. The van der Waals surface area contributed by atoms with Gasteiger partial charge >= 0.3 is 13.3 Å². The summed E-state index contributed by atoms with van der Waals surface area (Å²) in [6.45, 7) is 1.62. The number of anilines is 1. The van der Waals surface area contributed by atoms with E-state index < -0.39 is 30.6 Å². The number of carbonyl (C=O) groups is 1. The molecule has 24 heavy (non-hydrogen) atoms. The monoisotopic (exact) mass is 340 g/mol. The molecule has 0 radical (unpaired) electrons. The van der Waals surface area contributed by atoms with Gasteiger partial charge in [-0.05, 0) is 30.1 Å². The van der Waals surface area contributed by atoms with E-state index in [1.807, 2.05) is 0 Å². The van der Waals surface area contributed by atoms with Crippen molar-refractivity contribution in [2.75, 3.05) is 5.32 Å². The Kier molecular flexibility index (Phi) is 4.05. The molecule has 1 aliphatic rings. The van der Waals surface area contributed by atoms with E-state index in [4.69, 9.17) is 4.65 Å². The largest absolute Gasteiger partial charge is 0.491 e. The van der Waals surface area contributed by atoms with E-state index in [0.717, 1.165) is 5.56 Å². The third-order valence-corrected chi connectivity index (χ3v) is 3.58. The fourth-order valence-corrected chi connectivity index (χ4v) is 2.45. The number of nitrogens with zero attached hydrogens (tertiary/aromatic N) is 3. The Hall–Kier alpha value is -2.40. The van der Waals surface area contributed by atoms with E-state index >= 15 is 0 Å². The highest BCUT2D eigenvalue weighted by atomic mass is 19.4. The van der Waals surface area contributed by atoms with Gasteiger partial charge < -0.3 is 15.0 Å². The van der Waals surface area contributed by atoms with Crippen LogP contribution in [0.5, 0.6) is 0 Å². The average Bonchev–Trinajstić information content (AvgIpc) is 3.11. The summed E-state index contributed by atoms with van der Waals surface area (Å²) in [5.74, 6) is -1.03. The van der Waals surface area contributed by atoms with Gasteiger partial charge in [-0.2, -0.15) is 13.2 Å². The molecule has 2 N–H and O–H groups in total. The number of rotatable bonds is 3. The maximum absolute atomic E-state index is 13.1. The van der Waals surface area contributed by atoms with Gasteiger partial charge in [-0.3, -0.25) is 4.79 Å². The van der Waals surface area contributed by atoms with Crippen molar-refractivity contribution in [2.24, 2.45) is 0 Å². The van der Waals surface area contributed by atoms with Crippen LogP contribution in [0.25, 0.3) is 0 Å². The molecule has 2 heterocycles. The van der Waals surface area contributed by atoms with Crippen molar-refractivity contribution >= 4 is 24.2 Å². The minimum Gasteiger partial charge on any atom is -0.423 e. The predicted octanol–water partition coefficient (Wildman–Crippen LogP) is 0.787. The first-order valence-corrected chi connectivity index (χ1v) is 7.05. The zero-order chi connectivity index (χ0) is 17.5. The van der Waals surface area contributed by atoms with E-state index in [1.54, 1.807) is 6.07 Å². The zero-order valence-electron chi connectivity index (χ0n) is 12.5.